The highest BCUT2D eigenvalue weighted by molar-refractivity contribution is 6.25. The average Bonchev–Trinajstić information content (AvgIpc) is 3.25. The first kappa shape index (κ1) is 31.8. The molecule has 2 nitrogen and oxygen atoms in total. The summed E-state index contributed by atoms with van der Waals surface area (Å²) in [5.74, 6) is 0. The van der Waals surface area contributed by atoms with E-state index in [4.69, 9.17) is 0 Å². The van der Waals surface area contributed by atoms with Crippen molar-refractivity contribution in [2.24, 2.45) is 0 Å². The molecule has 0 spiro atoms. The maximum Gasteiger partial charge on any atom is 0.0618 e. The first-order valence-corrected chi connectivity index (χ1v) is 18.9. The van der Waals surface area contributed by atoms with Gasteiger partial charge in [-0.05, 0) is 93.9 Å². The molecule has 0 fully saturated rings. The summed E-state index contributed by atoms with van der Waals surface area (Å²) >= 11 is 0. The molecule has 0 unspecified atom stereocenters. The zero-order valence-corrected chi connectivity index (χ0v) is 29.9. The van der Waals surface area contributed by atoms with Gasteiger partial charge in [0.1, 0.15) is 0 Å². The highest BCUT2D eigenvalue weighted by Crippen LogP contribution is 2.49. The van der Waals surface area contributed by atoms with E-state index in [0.717, 1.165) is 35.6 Å². The van der Waals surface area contributed by atoms with Crippen LogP contribution in [0.5, 0.6) is 0 Å². The van der Waals surface area contributed by atoms with Crippen molar-refractivity contribution < 1.29 is 0 Å². The molecular formula is C52H38N2. The molecular weight excluding hydrogens is 653 g/mol. The van der Waals surface area contributed by atoms with Crippen molar-refractivity contribution in [3.8, 4) is 11.1 Å². The van der Waals surface area contributed by atoms with Gasteiger partial charge in [0.25, 0.3) is 0 Å². The normalized spacial score (nSPS) is 12.2. The predicted octanol–water partition coefficient (Wildman–Crippen LogP) is 13.1. The third-order valence-corrected chi connectivity index (χ3v) is 10.8. The first-order valence-electron chi connectivity index (χ1n) is 18.9. The Kier molecular flexibility index (Phi) is 8.00. The van der Waals surface area contributed by atoms with E-state index < -0.39 is 0 Å². The summed E-state index contributed by atoms with van der Waals surface area (Å²) in [4.78, 5) is 4.89. The van der Waals surface area contributed by atoms with E-state index in [9.17, 15) is 0 Å². The molecule has 2 heteroatoms. The molecule has 0 bridgehead atoms. The molecule has 0 heterocycles. The number of rotatable bonds is 7. The van der Waals surface area contributed by atoms with Gasteiger partial charge in [-0.25, -0.2) is 0 Å². The largest absolute Gasteiger partial charge is 0.309 e. The van der Waals surface area contributed by atoms with Gasteiger partial charge in [0, 0.05) is 44.1 Å². The average molecular weight is 691 g/mol. The summed E-state index contributed by atoms with van der Waals surface area (Å²) in [5.41, 5.74) is 9.53. The molecule has 54 heavy (non-hydrogen) atoms. The van der Waals surface area contributed by atoms with Crippen LogP contribution in [0.15, 0.2) is 194 Å². The van der Waals surface area contributed by atoms with Crippen molar-refractivity contribution in [3.63, 3.8) is 0 Å². The fraction of sp³-hybridized carbons (Fsp3) is 0.0385. The summed E-state index contributed by atoms with van der Waals surface area (Å²) in [5, 5.41) is 9.99. The minimum Gasteiger partial charge on any atom is -0.309 e. The van der Waals surface area contributed by atoms with Crippen LogP contribution in [0.25, 0.3) is 55.6 Å². The van der Waals surface area contributed by atoms with Gasteiger partial charge in [-0.1, -0.05) is 158 Å². The summed E-state index contributed by atoms with van der Waals surface area (Å²) < 4.78 is 0. The molecule has 0 amide bonds. The van der Waals surface area contributed by atoms with Crippen molar-refractivity contribution in [1.82, 2.24) is 0 Å². The van der Waals surface area contributed by atoms with Crippen molar-refractivity contribution >= 4 is 78.6 Å². The van der Waals surface area contributed by atoms with Gasteiger partial charge >= 0.3 is 0 Å². The molecule has 0 saturated heterocycles. The van der Waals surface area contributed by atoms with E-state index in [-0.39, 0.29) is 0 Å². The van der Waals surface area contributed by atoms with Gasteiger partial charge in [-0.15, -0.1) is 0 Å². The lowest BCUT2D eigenvalue weighted by Crippen LogP contribution is -2.34. The Balaban J connectivity index is 1.35. The van der Waals surface area contributed by atoms with Crippen LogP contribution in [-0.4, -0.2) is 0 Å². The van der Waals surface area contributed by atoms with Gasteiger partial charge < -0.3 is 9.80 Å². The molecule has 0 aliphatic heterocycles. The van der Waals surface area contributed by atoms with E-state index in [1.807, 2.05) is 0 Å². The SMILES string of the molecule is C1=c2c(-c3c4ccccc4c(N(c4ccccc4)c4ccccc4)c4ccccc34)c3ccccc3c(N(c3ccccc3)c3ccccc3)c2=CCC1. The van der Waals surface area contributed by atoms with Crippen molar-refractivity contribution in [2.45, 2.75) is 12.8 Å². The molecule has 1 aliphatic rings. The van der Waals surface area contributed by atoms with Crippen LogP contribution in [0, 0.1) is 0 Å². The summed E-state index contributed by atoms with van der Waals surface area (Å²) in [7, 11) is 0. The van der Waals surface area contributed by atoms with Crippen LogP contribution in [0.4, 0.5) is 34.1 Å². The fourth-order valence-corrected chi connectivity index (χ4v) is 8.58. The minimum atomic E-state index is 0.998. The van der Waals surface area contributed by atoms with Crippen LogP contribution in [-0.2, 0) is 0 Å². The molecule has 0 saturated carbocycles. The molecule has 0 aromatic heterocycles. The molecule has 9 aromatic carbocycles. The van der Waals surface area contributed by atoms with Crippen LogP contribution >= 0.6 is 0 Å². The molecule has 0 N–H and O–H groups in total. The highest BCUT2D eigenvalue weighted by Gasteiger charge is 2.26. The Morgan fingerprint density at radius 3 is 0.963 bits per heavy atom. The zero-order chi connectivity index (χ0) is 35.8. The Bertz CT molecular complexity index is 2780. The molecule has 1 aliphatic carbocycles. The van der Waals surface area contributed by atoms with Crippen LogP contribution < -0.4 is 20.2 Å². The summed E-state index contributed by atoms with van der Waals surface area (Å²) in [6.07, 6.45) is 6.97. The Morgan fingerprint density at radius 1 is 0.259 bits per heavy atom. The van der Waals surface area contributed by atoms with Crippen molar-refractivity contribution in [2.75, 3.05) is 9.80 Å². The lowest BCUT2D eigenvalue weighted by Gasteiger charge is -2.31. The number of para-hydroxylation sites is 4. The molecule has 10 rings (SSSR count). The number of benzene rings is 9. The summed E-state index contributed by atoms with van der Waals surface area (Å²) in [6, 6.07) is 70.3. The van der Waals surface area contributed by atoms with Crippen molar-refractivity contribution in [3.05, 3.63) is 205 Å². The third-order valence-electron chi connectivity index (χ3n) is 10.8. The maximum atomic E-state index is 2.49. The fourth-order valence-electron chi connectivity index (χ4n) is 8.58. The number of anilines is 6. The van der Waals surface area contributed by atoms with Crippen molar-refractivity contribution in [1.29, 1.82) is 0 Å². The lowest BCUT2D eigenvalue weighted by molar-refractivity contribution is 1.11. The van der Waals surface area contributed by atoms with E-state index in [0.29, 0.717) is 0 Å². The van der Waals surface area contributed by atoms with E-state index in [1.54, 1.807) is 0 Å². The Labute approximate surface area is 315 Å². The first-order chi connectivity index (χ1) is 26.9. The van der Waals surface area contributed by atoms with E-state index >= 15 is 0 Å². The second kappa shape index (κ2) is 13.6. The Morgan fingerprint density at radius 2 is 0.556 bits per heavy atom. The van der Waals surface area contributed by atoms with E-state index in [2.05, 4.69) is 216 Å². The standard InChI is InChI=1S/C52H38N2/c1-5-21-37(22-6-1)53(38-23-7-2-8-24-38)51-45-33-17-13-29-41(45)49(42-30-14-18-34-46(42)51)50-43-31-15-19-35-47(43)52(48-36-20-16-32-44(48)50)54(39-25-9-3-10-26-39)40-27-11-4-12-28-40/h1-15,17-19,21-36H,16,20H2. The Hall–Kier alpha value is -6.90. The quantitative estimate of drug-likeness (QED) is 0.154. The van der Waals surface area contributed by atoms with Gasteiger partial charge in [-0.3, -0.25) is 0 Å². The van der Waals surface area contributed by atoms with Crippen LogP contribution in [0.1, 0.15) is 12.8 Å². The van der Waals surface area contributed by atoms with Crippen LogP contribution in [0.2, 0.25) is 0 Å². The van der Waals surface area contributed by atoms with Gasteiger partial charge in [-0.2, -0.15) is 0 Å². The van der Waals surface area contributed by atoms with Gasteiger partial charge in [0.05, 0.1) is 11.4 Å². The third kappa shape index (κ3) is 5.26. The van der Waals surface area contributed by atoms with E-state index in [1.165, 1.54) is 65.3 Å². The van der Waals surface area contributed by atoms with Gasteiger partial charge in [0.2, 0.25) is 0 Å². The predicted molar refractivity (Wildman–Crippen MR) is 231 cm³/mol. The second-order valence-corrected chi connectivity index (χ2v) is 13.9. The maximum absolute atomic E-state index is 2.49. The number of nitrogens with zero attached hydrogens (tertiary/aromatic N) is 2. The monoisotopic (exact) mass is 690 g/mol. The lowest BCUT2D eigenvalue weighted by atomic mass is 9.84. The number of fused-ring (bicyclic) bond motifs is 4. The summed E-state index contributed by atoms with van der Waals surface area (Å²) in [6.45, 7) is 0. The second-order valence-electron chi connectivity index (χ2n) is 13.9. The molecule has 9 aromatic rings. The number of hydrogen-bond donors (Lipinski definition) is 0. The number of hydrogen-bond acceptors (Lipinski definition) is 2. The smallest absolute Gasteiger partial charge is 0.0618 e. The van der Waals surface area contributed by atoms with Crippen LogP contribution in [0.3, 0.4) is 0 Å². The topological polar surface area (TPSA) is 6.48 Å². The molecule has 256 valence electrons. The zero-order valence-electron chi connectivity index (χ0n) is 29.9. The molecule has 0 atom stereocenters. The minimum absolute atomic E-state index is 0.998. The molecule has 0 radical (unpaired) electrons. The van der Waals surface area contributed by atoms with Gasteiger partial charge in [0.15, 0.2) is 0 Å². The highest BCUT2D eigenvalue weighted by atomic mass is 15.2.